The Labute approximate surface area is 154 Å². The molecule has 124 valence electrons. The van der Waals surface area contributed by atoms with Gasteiger partial charge in [-0.1, -0.05) is 109 Å². The van der Waals surface area contributed by atoms with Gasteiger partial charge in [-0.3, -0.25) is 0 Å². The van der Waals surface area contributed by atoms with Crippen LogP contribution in [0.1, 0.15) is 22.3 Å². The SMILES string of the molecule is C(=Cc1cc2ccccc2cc1C=Cc1ccccc1)c1ccccc1. The number of fused-ring (bicyclic) bond motifs is 1. The van der Waals surface area contributed by atoms with Gasteiger partial charge in [-0.25, -0.2) is 0 Å². The maximum atomic E-state index is 2.26. The van der Waals surface area contributed by atoms with Gasteiger partial charge in [0.05, 0.1) is 0 Å². The van der Waals surface area contributed by atoms with Crippen LogP contribution in [0.15, 0.2) is 97.1 Å². The molecule has 0 saturated carbocycles. The zero-order valence-corrected chi connectivity index (χ0v) is 14.5. The summed E-state index contributed by atoms with van der Waals surface area (Å²) in [6, 6.07) is 33.9. The van der Waals surface area contributed by atoms with Crippen molar-refractivity contribution in [1.82, 2.24) is 0 Å². The van der Waals surface area contributed by atoms with Gasteiger partial charge in [-0.2, -0.15) is 0 Å². The van der Waals surface area contributed by atoms with Crippen LogP contribution < -0.4 is 0 Å². The predicted octanol–water partition coefficient (Wildman–Crippen LogP) is 7.18. The first-order chi connectivity index (χ1) is 12.9. The summed E-state index contributed by atoms with van der Waals surface area (Å²) in [7, 11) is 0. The van der Waals surface area contributed by atoms with Gasteiger partial charge in [0.2, 0.25) is 0 Å². The van der Waals surface area contributed by atoms with Crippen molar-refractivity contribution in [3.63, 3.8) is 0 Å². The van der Waals surface area contributed by atoms with Gasteiger partial charge in [-0.15, -0.1) is 0 Å². The number of rotatable bonds is 4. The summed E-state index contributed by atoms with van der Waals surface area (Å²) in [4.78, 5) is 0. The summed E-state index contributed by atoms with van der Waals surface area (Å²) in [5, 5.41) is 2.52. The quantitative estimate of drug-likeness (QED) is 0.347. The van der Waals surface area contributed by atoms with E-state index < -0.39 is 0 Å². The molecule has 0 heteroatoms. The highest BCUT2D eigenvalue weighted by atomic mass is 14.1. The third-order valence-electron chi connectivity index (χ3n) is 4.46. The molecule has 0 spiro atoms. The average molecular weight is 332 g/mol. The van der Waals surface area contributed by atoms with Gasteiger partial charge in [0.25, 0.3) is 0 Å². The standard InChI is InChI=1S/C26H20/c1-3-9-21(10-4-1)15-17-25-19-23-13-7-8-14-24(23)20-26(25)18-16-22-11-5-2-6-12-22/h1-20H. The average Bonchev–Trinajstić information content (AvgIpc) is 2.72. The van der Waals surface area contributed by atoms with Crippen molar-refractivity contribution < 1.29 is 0 Å². The van der Waals surface area contributed by atoms with E-state index in [4.69, 9.17) is 0 Å². The van der Waals surface area contributed by atoms with Crippen LogP contribution in [0.25, 0.3) is 35.1 Å². The van der Waals surface area contributed by atoms with Crippen LogP contribution in [0, 0.1) is 0 Å². The molecule has 0 fully saturated rings. The molecule has 0 heterocycles. The fraction of sp³-hybridized carbons (Fsp3) is 0. The van der Waals surface area contributed by atoms with Crippen molar-refractivity contribution in [2.75, 3.05) is 0 Å². The summed E-state index contributed by atoms with van der Waals surface area (Å²) >= 11 is 0. The van der Waals surface area contributed by atoms with Crippen LogP contribution in [0.2, 0.25) is 0 Å². The van der Waals surface area contributed by atoms with E-state index in [1.165, 1.54) is 33.0 Å². The number of hydrogen-bond acceptors (Lipinski definition) is 0. The fourth-order valence-electron chi connectivity index (χ4n) is 3.06. The van der Waals surface area contributed by atoms with Crippen molar-refractivity contribution in [2.45, 2.75) is 0 Å². The highest BCUT2D eigenvalue weighted by molar-refractivity contribution is 5.91. The number of benzene rings is 4. The third-order valence-corrected chi connectivity index (χ3v) is 4.46. The van der Waals surface area contributed by atoms with Crippen molar-refractivity contribution in [1.29, 1.82) is 0 Å². The molecule has 0 nitrogen and oxygen atoms in total. The van der Waals surface area contributed by atoms with E-state index >= 15 is 0 Å². The maximum Gasteiger partial charge on any atom is -0.0177 e. The second kappa shape index (κ2) is 7.67. The molecule has 26 heavy (non-hydrogen) atoms. The Morgan fingerprint density at radius 3 is 1.19 bits per heavy atom. The molecule has 0 bridgehead atoms. The molecule has 0 N–H and O–H groups in total. The summed E-state index contributed by atoms with van der Waals surface area (Å²) in [6.45, 7) is 0. The molecule has 0 saturated heterocycles. The van der Waals surface area contributed by atoms with E-state index in [-0.39, 0.29) is 0 Å². The molecule has 0 aliphatic heterocycles. The zero-order valence-electron chi connectivity index (χ0n) is 14.5. The molecule has 0 unspecified atom stereocenters. The van der Waals surface area contributed by atoms with Crippen molar-refractivity contribution in [2.24, 2.45) is 0 Å². The van der Waals surface area contributed by atoms with Crippen LogP contribution in [0.5, 0.6) is 0 Å². The van der Waals surface area contributed by atoms with E-state index in [2.05, 4.69) is 109 Å². The van der Waals surface area contributed by atoms with E-state index in [1.807, 2.05) is 12.1 Å². The molecule has 0 atom stereocenters. The molecule has 4 rings (SSSR count). The van der Waals surface area contributed by atoms with Gasteiger partial charge in [0, 0.05) is 0 Å². The molecular weight excluding hydrogens is 312 g/mol. The van der Waals surface area contributed by atoms with Crippen LogP contribution >= 0.6 is 0 Å². The molecule has 4 aromatic rings. The Balaban J connectivity index is 1.76. The van der Waals surface area contributed by atoms with Gasteiger partial charge in [0.1, 0.15) is 0 Å². The Kier molecular flexibility index (Phi) is 4.75. The molecule has 4 aromatic carbocycles. The third kappa shape index (κ3) is 3.81. The van der Waals surface area contributed by atoms with Crippen molar-refractivity contribution in [3.05, 3.63) is 119 Å². The minimum atomic E-state index is 1.21. The number of hydrogen-bond donors (Lipinski definition) is 0. The molecule has 0 aliphatic carbocycles. The van der Waals surface area contributed by atoms with Gasteiger partial charge in [0.15, 0.2) is 0 Å². The summed E-state index contributed by atoms with van der Waals surface area (Å²) < 4.78 is 0. The zero-order chi connectivity index (χ0) is 17.6. The molecule has 0 radical (unpaired) electrons. The highest BCUT2D eigenvalue weighted by Crippen LogP contribution is 2.24. The largest absolute Gasteiger partial charge is 0.0622 e. The van der Waals surface area contributed by atoms with E-state index in [0.717, 1.165) is 0 Å². The van der Waals surface area contributed by atoms with Crippen molar-refractivity contribution in [3.8, 4) is 0 Å². The first-order valence-corrected chi connectivity index (χ1v) is 8.87. The smallest absolute Gasteiger partial charge is 0.0177 e. The van der Waals surface area contributed by atoms with Gasteiger partial charge >= 0.3 is 0 Å². The highest BCUT2D eigenvalue weighted by Gasteiger charge is 2.01. The normalized spacial score (nSPS) is 11.5. The molecule has 0 aliphatic rings. The van der Waals surface area contributed by atoms with Crippen LogP contribution in [0.3, 0.4) is 0 Å². The van der Waals surface area contributed by atoms with Crippen molar-refractivity contribution >= 4 is 35.1 Å². The first kappa shape index (κ1) is 16.1. The monoisotopic (exact) mass is 332 g/mol. The van der Waals surface area contributed by atoms with Gasteiger partial charge in [-0.05, 0) is 45.2 Å². The lowest BCUT2D eigenvalue weighted by Crippen LogP contribution is -1.83. The van der Waals surface area contributed by atoms with Crippen LogP contribution in [-0.2, 0) is 0 Å². The van der Waals surface area contributed by atoms with E-state index in [0.29, 0.717) is 0 Å². The Morgan fingerprint density at radius 2 is 0.769 bits per heavy atom. The lowest BCUT2D eigenvalue weighted by Gasteiger charge is -2.06. The second-order valence-electron chi connectivity index (χ2n) is 6.32. The lowest BCUT2D eigenvalue weighted by atomic mass is 9.99. The predicted molar refractivity (Wildman–Crippen MR) is 115 cm³/mol. The fourth-order valence-corrected chi connectivity index (χ4v) is 3.06. The maximum absolute atomic E-state index is 2.26. The lowest BCUT2D eigenvalue weighted by molar-refractivity contribution is 1.64. The molecular formula is C26H20. The van der Waals surface area contributed by atoms with Crippen LogP contribution in [-0.4, -0.2) is 0 Å². The van der Waals surface area contributed by atoms with Gasteiger partial charge < -0.3 is 0 Å². The summed E-state index contributed by atoms with van der Waals surface area (Å²) in [5.41, 5.74) is 4.86. The minimum absolute atomic E-state index is 1.21. The topological polar surface area (TPSA) is 0 Å². The summed E-state index contributed by atoms with van der Waals surface area (Å²) in [5.74, 6) is 0. The Bertz CT molecular complexity index is 967. The Hall–Kier alpha value is -3.38. The summed E-state index contributed by atoms with van der Waals surface area (Å²) in [6.07, 6.45) is 8.74. The van der Waals surface area contributed by atoms with E-state index in [9.17, 15) is 0 Å². The Morgan fingerprint density at radius 1 is 0.385 bits per heavy atom. The minimum Gasteiger partial charge on any atom is -0.0622 e. The molecule has 0 aromatic heterocycles. The second-order valence-corrected chi connectivity index (χ2v) is 6.32. The molecule has 0 amide bonds. The van der Waals surface area contributed by atoms with Crippen LogP contribution in [0.4, 0.5) is 0 Å². The van der Waals surface area contributed by atoms with E-state index in [1.54, 1.807) is 0 Å². The first-order valence-electron chi connectivity index (χ1n) is 8.87.